The van der Waals surface area contributed by atoms with E-state index in [1.807, 2.05) is 0 Å². The Kier molecular flexibility index (Phi) is 6.67. The number of rotatable bonds is 6. The van der Waals surface area contributed by atoms with Crippen molar-refractivity contribution < 1.29 is 0 Å². The molecule has 0 radical (unpaired) electrons. The van der Waals surface area contributed by atoms with E-state index in [4.69, 9.17) is 0 Å². The fourth-order valence-corrected chi connectivity index (χ4v) is 8.31. The SMILES string of the molecule is C1=Cc2c(c3c4cc(N(c5ccccc5)c5ccccc5)ccc4c4c(c3c3cc(N(c5ccccc5)c5ccccc5)ccc23)CC=C4)C1. The third-order valence-electron chi connectivity index (χ3n) is 10.4. The maximum Gasteiger partial charge on any atom is 0.0468 e. The van der Waals surface area contributed by atoms with Crippen molar-refractivity contribution in [3.63, 3.8) is 0 Å². The smallest absolute Gasteiger partial charge is 0.0468 e. The first-order valence-corrected chi connectivity index (χ1v) is 17.5. The van der Waals surface area contributed by atoms with Crippen LogP contribution in [-0.2, 0) is 12.8 Å². The number of hydrogen-bond acceptors (Lipinski definition) is 2. The van der Waals surface area contributed by atoms with Crippen LogP contribution in [0.3, 0.4) is 0 Å². The van der Waals surface area contributed by atoms with Crippen molar-refractivity contribution in [3.05, 3.63) is 192 Å². The van der Waals surface area contributed by atoms with Gasteiger partial charge >= 0.3 is 0 Å². The fraction of sp³-hybridized carbons (Fsp3) is 0.0417. The monoisotopic (exact) mass is 638 g/mol. The lowest BCUT2D eigenvalue weighted by molar-refractivity contribution is 1.28. The second-order valence-corrected chi connectivity index (χ2v) is 13.2. The Morgan fingerprint density at radius 1 is 0.320 bits per heavy atom. The van der Waals surface area contributed by atoms with Crippen molar-refractivity contribution in [1.82, 2.24) is 0 Å². The third kappa shape index (κ3) is 4.49. The number of benzene rings is 8. The molecule has 2 heteroatoms. The van der Waals surface area contributed by atoms with Gasteiger partial charge in [-0.2, -0.15) is 0 Å². The average molecular weight is 639 g/mol. The normalized spacial score (nSPS) is 12.9. The standard InChI is InChI=1S/C48H34N2/c1-5-15-33(16-6-1)49(34-17-7-2-8-18-34)37-27-29-41-39-23-13-26-44(39)48-46-32-38(50(35-19-9-3-10-20-35)36-21-11-4-12-22-36)28-30-42(46)40-24-14-25-43(40)47(48)45(41)31-37/h1-24,27-32H,25-26H2. The highest BCUT2D eigenvalue weighted by Crippen LogP contribution is 2.48. The highest BCUT2D eigenvalue weighted by atomic mass is 15.1. The van der Waals surface area contributed by atoms with Gasteiger partial charge in [-0.25, -0.2) is 0 Å². The first-order chi connectivity index (χ1) is 24.8. The summed E-state index contributed by atoms with van der Waals surface area (Å²) in [5.41, 5.74) is 12.5. The van der Waals surface area contributed by atoms with Gasteiger partial charge in [0.15, 0.2) is 0 Å². The van der Waals surface area contributed by atoms with Crippen LogP contribution in [0.2, 0.25) is 0 Å². The molecular formula is C48H34N2. The van der Waals surface area contributed by atoms with E-state index in [1.165, 1.54) is 54.6 Å². The maximum atomic E-state index is 2.44. The van der Waals surface area contributed by atoms with Gasteiger partial charge in [0, 0.05) is 34.1 Å². The molecule has 0 N–H and O–H groups in total. The maximum absolute atomic E-state index is 2.44. The summed E-state index contributed by atoms with van der Waals surface area (Å²) in [5.74, 6) is 0. The Hall–Kier alpha value is -6.38. The Morgan fingerprint density at radius 3 is 1.00 bits per heavy atom. The van der Waals surface area contributed by atoms with Crippen LogP contribution in [-0.4, -0.2) is 0 Å². The molecule has 0 saturated heterocycles. The predicted octanol–water partition coefficient (Wildman–Crippen LogP) is 13.2. The molecule has 0 atom stereocenters. The van der Waals surface area contributed by atoms with Crippen molar-refractivity contribution in [2.75, 3.05) is 9.80 Å². The number of hydrogen-bond donors (Lipinski definition) is 0. The van der Waals surface area contributed by atoms with Crippen molar-refractivity contribution in [1.29, 1.82) is 0 Å². The molecule has 2 aliphatic carbocycles. The molecule has 0 saturated carbocycles. The largest absolute Gasteiger partial charge is 0.310 e. The van der Waals surface area contributed by atoms with E-state index in [-0.39, 0.29) is 0 Å². The summed E-state index contributed by atoms with van der Waals surface area (Å²) in [4.78, 5) is 4.76. The van der Waals surface area contributed by atoms with Gasteiger partial charge < -0.3 is 9.80 Å². The number of fused-ring (bicyclic) bond motifs is 11. The lowest BCUT2D eigenvalue weighted by atomic mass is 9.84. The number of anilines is 6. The zero-order chi connectivity index (χ0) is 33.0. The number of allylic oxidation sites excluding steroid dienone is 2. The molecule has 0 unspecified atom stereocenters. The van der Waals surface area contributed by atoms with E-state index < -0.39 is 0 Å². The molecule has 10 rings (SSSR count). The first kappa shape index (κ1) is 28.6. The van der Waals surface area contributed by atoms with Crippen LogP contribution in [0.25, 0.3) is 44.5 Å². The number of para-hydroxylation sites is 4. The molecule has 0 aromatic heterocycles. The van der Waals surface area contributed by atoms with Crippen LogP contribution in [0, 0.1) is 0 Å². The number of nitrogens with zero attached hydrogens (tertiary/aromatic N) is 2. The second kappa shape index (κ2) is 11.6. The molecule has 8 aromatic carbocycles. The fourth-order valence-electron chi connectivity index (χ4n) is 8.31. The van der Waals surface area contributed by atoms with Crippen LogP contribution < -0.4 is 9.80 Å². The van der Waals surface area contributed by atoms with E-state index in [9.17, 15) is 0 Å². The molecule has 0 amide bonds. The van der Waals surface area contributed by atoms with Crippen LogP contribution in [0.1, 0.15) is 22.3 Å². The minimum Gasteiger partial charge on any atom is -0.310 e. The van der Waals surface area contributed by atoms with Gasteiger partial charge in [0.05, 0.1) is 0 Å². The molecule has 0 spiro atoms. The Morgan fingerprint density at radius 2 is 0.660 bits per heavy atom. The minimum atomic E-state index is 0.941. The van der Waals surface area contributed by atoms with Crippen molar-refractivity contribution in [2.24, 2.45) is 0 Å². The summed E-state index contributed by atoms with van der Waals surface area (Å²) < 4.78 is 0. The van der Waals surface area contributed by atoms with Gasteiger partial charge in [0.2, 0.25) is 0 Å². The van der Waals surface area contributed by atoms with E-state index >= 15 is 0 Å². The van der Waals surface area contributed by atoms with Gasteiger partial charge in [0.1, 0.15) is 0 Å². The van der Waals surface area contributed by atoms with Crippen LogP contribution >= 0.6 is 0 Å². The van der Waals surface area contributed by atoms with Gasteiger partial charge in [-0.05, 0) is 140 Å². The molecule has 2 aliphatic rings. The average Bonchev–Trinajstić information content (AvgIpc) is 3.88. The van der Waals surface area contributed by atoms with Gasteiger partial charge in [-0.3, -0.25) is 0 Å². The zero-order valence-corrected chi connectivity index (χ0v) is 27.6. The molecule has 0 aliphatic heterocycles. The molecule has 0 bridgehead atoms. The van der Waals surface area contributed by atoms with Crippen LogP contribution in [0.4, 0.5) is 34.1 Å². The van der Waals surface area contributed by atoms with E-state index in [0.717, 1.165) is 47.0 Å². The lowest BCUT2D eigenvalue weighted by Crippen LogP contribution is -2.10. The first-order valence-electron chi connectivity index (χ1n) is 17.5. The van der Waals surface area contributed by atoms with Crippen LogP contribution in [0.15, 0.2) is 170 Å². The quantitative estimate of drug-likeness (QED) is 0.167. The van der Waals surface area contributed by atoms with E-state index in [2.05, 4.69) is 192 Å². The summed E-state index contributed by atoms with van der Waals surface area (Å²) in [5, 5.41) is 8.06. The molecule has 236 valence electrons. The summed E-state index contributed by atoms with van der Waals surface area (Å²) in [6.07, 6.45) is 11.3. The Balaban J connectivity index is 1.29. The van der Waals surface area contributed by atoms with Gasteiger partial charge in [-0.1, -0.05) is 109 Å². The summed E-state index contributed by atoms with van der Waals surface area (Å²) >= 11 is 0. The predicted molar refractivity (Wildman–Crippen MR) is 214 cm³/mol. The summed E-state index contributed by atoms with van der Waals surface area (Å²) in [6, 6.07) is 57.1. The van der Waals surface area contributed by atoms with Crippen molar-refractivity contribution in [2.45, 2.75) is 12.8 Å². The second-order valence-electron chi connectivity index (χ2n) is 13.2. The topological polar surface area (TPSA) is 6.48 Å². The van der Waals surface area contributed by atoms with Gasteiger partial charge in [0.25, 0.3) is 0 Å². The highest BCUT2D eigenvalue weighted by molar-refractivity contribution is 6.26. The van der Waals surface area contributed by atoms with Crippen LogP contribution in [0.5, 0.6) is 0 Å². The van der Waals surface area contributed by atoms with Gasteiger partial charge in [-0.15, -0.1) is 0 Å². The third-order valence-corrected chi connectivity index (χ3v) is 10.4. The highest BCUT2D eigenvalue weighted by Gasteiger charge is 2.25. The molecule has 8 aromatic rings. The molecule has 0 heterocycles. The van der Waals surface area contributed by atoms with Crippen molar-refractivity contribution in [3.8, 4) is 0 Å². The summed E-state index contributed by atoms with van der Waals surface area (Å²) in [7, 11) is 0. The van der Waals surface area contributed by atoms with Crippen molar-refractivity contribution >= 4 is 78.6 Å². The molecule has 0 fully saturated rings. The minimum absolute atomic E-state index is 0.941. The van der Waals surface area contributed by atoms with E-state index in [1.54, 1.807) is 0 Å². The Labute approximate surface area is 292 Å². The van der Waals surface area contributed by atoms with E-state index in [0.29, 0.717) is 0 Å². The Bertz CT molecular complexity index is 2360. The molecular weight excluding hydrogens is 605 g/mol. The molecule has 2 nitrogen and oxygen atoms in total. The summed E-state index contributed by atoms with van der Waals surface area (Å²) in [6.45, 7) is 0. The zero-order valence-electron chi connectivity index (χ0n) is 27.6. The lowest BCUT2D eigenvalue weighted by Gasteiger charge is -2.27. The molecule has 50 heavy (non-hydrogen) atoms.